The summed E-state index contributed by atoms with van der Waals surface area (Å²) >= 11 is 0. The van der Waals surface area contributed by atoms with Crippen LogP contribution in [0.1, 0.15) is 19.7 Å². The quantitative estimate of drug-likeness (QED) is 0.669. The van der Waals surface area contributed by atoms with Crippen LogP contribution in [0.4, 0.5) is 0 Å². The van der Waals surface area contributed by atoms with Crippen LogP contribution in [0.25, 0.3) is 21.9 Å². The molecule has 0 spiro atoms. The summed E-state index contributed by atoms with van der Waals surface area (Å²) in [7, 11) is 0. The Hall–Kier alpha value is -1.94. The van der Waals surface area contributed by atoms with Gasteiger partial charge in [-0.25, -0.2) is 9.97 Å². The second-order valence-corrected chi connectivity index (χ2v) is 4.85. The van der Waals surface area contributed by atoms with Crippen LogP contribution in [0, 0.1) is 0 Å². The van der Waals surface area contributed by atoms with Crippen LogP contribution < -0.4 is 5.73 Å². The number of aromatic nitrogens is 3. The lowest BCUT2D eigenvalue weighted by atomic mass is 10.1. The first-order chi connectivity index (χ1) is 8.05. The maximum absolute atomic E-state index is 6.00. The SMILES string of the molecule is CC(C)(N)c1ncc2c(n1)[nH]c1ccccc12. The van der Waals surface area contributed by atoms with Crippen LogP contribution >= 0.6 is 0 Å². The van der Waals surface area contributed by atoms with E-state index >= 15 is 0 Å². The molecule has 0 aliphatic heterocycles. The van der Waals surface area contributed by atoms with Gasteiger partial charge < -0.3 is 10.7 Å². The second kappa shape index (κ2) is 3.28. The summed E-state index contributed by atoms with van der Waals surface area (Å²) in [6.07, 6.45) is 1.84. The van der Waals surface area contributed by atoms with Crippen LogP contribution in [-0.2, 0) is 5.54 Å². The zero-order valence-electron chi connectivity index (χ0n) is 9.86. The summed E-state index contributed by atoms with van der Waals surface area (Å²) in [5.41, 5.74) is 7.40. The number of benzene rings is 1. The lowest BCUT2D eigenvalue weighted by Crippen LogP contribution is -2.31. The summed E-state index contributed by atoms with van der Waals surface area (Å²) < 4.78 is 0. The standard InChI is InChI=1S/C13H14N4/c1-13(2,14)12-15-7-9-8-5-3-4-6-10(8)16-11(9)17-12/h3-7H,14H2,1-2H3,(H,15,16,17). The Bertz CT molecular complexity index is 691. The molecule has 3 aromatic rings. The molecule has 0 saturated carbocycles. The van der Waals surface area contributed by atoms with Gasteiger partial charge in [0.1, 0.15) is 11.5 Å². The van der Waals surface area contributed by atoms with Crippen molar-refractivity contribution in [2.24, 2.45) is 5.73 Å². The normalized spacial score (nSPS) is 12.4. The largest absolute Gasteiger partial charge is 0.339 e. The molecule has 4 heteroatoms. The Morgan fingerprint density at radius 3 is 2.71 bits per heavy atom. The molecule has 0 amide bonds. The Labute approximate surface area is 98.9 Å². The average molecular weight is 226 g/mol. The molecular formula is C13H14N4. The summed E-state index contributed by atoms with van der Waals surface area (Å²) in [6, 6.07) is 8.10. The van der Waals surface area contributed by atoms with E-state index < -0.39 is 5.54 Å². The van der Waals surface area contributed by atoms with Gasteiger partial charge >= 0.3 is 0 Å². The summed E-state index contributed by atoms with van der Waals surface area (Å²) in [4.78, 5) is 12.1. The van der Waals surface area contributed by atoms with Gasteiger partial charge in [0.2, 0.25) is 0 Å². The third kappa shape index (κ3) is 1.57. The molecule has 3 N–H and O–H groups in total. The molecular weight excluding hydrogens is 212 g/mol. The molecule has 86 valence electrons. The fourth-order valence-electron chi connectivity index (χ4n) is 1.94. The van der Waals surface area contributed by atoms with Gasteiger partial charge in [-0.3, -0.25) is 0 Å². The molecule has 17 heavy (non-hydrogen) atoms. The first-order valence-electron chi connectivity index (χ1n) is 5.58. The number of aromatic amines is 1. The Kier molecular flexibility index (Phi) is 1.97. The maximum Gasteiger partial charge on any atom is 0.149 e. The van der Waals surface area contributed by atoms with Crippen LogP contribution in [0.15, 0.2) is 30.5 Å². The van der Waals surface area contributed by atoms with E-state index in [9.17, 15) is 0 Å². The number of nitrogens with one attached hydrogen (secondary N) is 1. The van der Waals surface area contributed by atoms with E-state index in [1.807, 2.05) is 38.2 Å². The van der Waals surface area contributed by atoms with Crippen molar-refractivity contribution in [3.05, 3.63) is 36.3 Å². The van der Waals surface area contributed by atoms with Crippen molar-refractivity contribution in [3.8, 4) is 0 Å². The Morgan fingerprint density at radius 1 is 1.18 bits per heavy atom. The molecule has 2 heterocycles. The van der Waals surface area contributed by atoms with Gasteiger partial charge in [0.25, 0.3) is 0 Å². The fraction of sp³-hybridized carbons (Fsp3) is 0.231. The van der Waals surface area contributed by atoms with Crippen molar-refractivity contribution >= 4 is 21.9 Å². The van der Waals surface area contributed by atoms with Crippen molar-refractivity contribution in [2.45, 2.75) is 19.4 Å². The van der Waals surface area contributed by atoms with Crippen LogP contribution in [0.2, 0.25) is 0 Å². The molecule has 0 radical (unpaired) electrons. The lowest BCUT2D eigenvalue weighted by molar-refractivity contribution is 0.516. The minimum absolute atomic E-state index is 0.522. The molecule has 0 aliphatic carbocycles. The predicted molar refractivity (Wildman–Crippen MR) is 68.6 cm³/mol. The fourth-order valence-corrected chi connectivity index (χ4v) is 1.94. The second-order valence-electron chi connectivity index (χ2n) is 4.85. The highest BCUT2D eigenvalue weighted by atomic mass is 15.0. The minimum atomic E-state index is -0.522. The van der Waals surface area contributed by atoms with Gasteiger partial charge in [0.05, 0.1) is 5.54 Å². The van der Waals surface area contributed by atoms with Gasteiger partial charge in [-0.15, -0.1) is 0 Å². The first kappa shape index (κ1) is 10.2. The first-order valence-corrected chi connectivity index (χ1v) is 5.58. The highest BCUT2D eigenvalue weighted by Crippen LogP contribution is 2.24. The van der Waals surface area contributed by atoms with Crippen molar-refractivity contribution in [2.75, 3.05) is 0 Å². The average Bonchev–Trinajstić information content (AvgIpc) is 2.65. The van der Waals surface area contributed by atoms with E-state index in [1.54, 1.807) is 0 Å². The predicted octanol–water partition coefficient (Wildman–Crippen LogP) is 2.30. The van der Waals surface area contributed by atoms with Crippen LogP contribution in [0.5, 0.6) is 0 Å². The third-order valence-corrected chi connectivity index (χ3v) is 2.84. The molecule has 0 unspecified atom stereocenters. The molecule has 0 saturated heterocycles. The van der Waals surface area contributed by atoms with Crippen molar-refractivity contribution in [1.82, 2.24) is 15.0 Å². The molecule has 0 fully saturated rings. The minimum Gasteiger partial charge on any atom is -0.339 e. The highest BCUT2D eigenvalue weighted by molar-refractivity contribution is 6.05. The topological polar surface area (TPSA) is 67.6 Å². The zero-order valence-corrected chi connectivity index (χ0v) is 9.86. The van der Waals surface area contributed by atoms with E-state index in [0.29, 0.717) is 5.82 Å². The highest BCUT2D eigenvalue weighted by Gasteiger charge is 2.18. The molecule has 0 aliphatic rings. The Morgan fingerprint density at radius 2 is 1.94 bits per heavy atom. The van der Waals surface area contributed by atoms with Crippen LogP contribution in [0.3, 0.4) is 0 Å². The van der Waals surface area contributed by atoms with Crippen molar-refractivity contribution < 1.29 is 0 Å². The molecule has 0 bridgehead atoms. The van der Waals surface area contributed by atoms with Gasteiger partial charge in [-0.2, -0.15) is 0 Å². The maximum atomic E-state index is 6.00. The van der Waals surface area contributed by atoms with Gasteiger partial charge in [0.15, 0.2) is 0 Å². The number of hydrogen-bond donors (Lipinski definition) is 2. The van der Waals surface area contributed by atoms with E-state index in [-0.39, 0.29) is 0 Å². The smallest absolute Gasteiger partial charge is 0.149 e. The zero-order chi connectivity index (χ0) is 12.0. The van der Waals surface area contributed by atoms with Crippen molar-refractivity contribution in [1.29, 1.82) is 0 Å². The van der Waals surface area contributed by atoms with E-state index in [0.717, 1.165) is 21.9 Å². The summed E-state index contributed by atoms with van der Waals surface area (Å²) in [5.74, 6) is 0.650. The molecule has 0 atom stereocenters. The molecule has 4 nitrogen and oxygen atoms in total. The van der Waals surface area contributed by atoms with Gasteiger partial charge in [-0.1, -0.05) is 18.2 Å². The van der Waals surface area contributed by atoms with E-state index in [1.165, 1.54) is 0 Å². The molecule has 1 aromatic carbocycles. The molecule has 2 aromatic heterocycles. The number of para-hydroxylation sites is 1. The third-order valence-electron chi connectivity index (χ3n) is 2.84. The summed E-state index contributed by atoms with van der Waals surface area (Å²) in [6.45, 7) is 3.80. The number of rotatable bonds is 1. The van der Waals surface area contributed by atoms with Crippen LogP contribution in [-0.4, -0.2) is 15.0 Å². The van der Waals surface area contributed by atoms with Gasteiger partial charge in [0, 0.05) is 22.5 Å². The Balaban J connectivity index is 2.34. The number of H-pyrrole nitrogens is 1. The van der Waals surface area contributed by atoms with Crippen molar-refractivity contribution in [3.63, 3.8) is 0 Å². The number of fused-ring (bicyclic) bond motifs is 3. The lowest BCUT2D eigenvalue weighted by Gasteiger charge is -2.15. The monoisotopic (exact) mass is 226 g/mol. The summed E-state index contributed by atoms with van der Waals surface area (Å²) in [5, 5.41) is 2.18. The molecule has 3 rings (SSSR count). The van der Waals surface area contributed by atoms with E-state index in [4.69, 9.17) is 5.73 Å². The number of nitrogens with two attached hydrogens (primary N) is 1. The van der Waals surface area contributed by atoms with E-state index in [2.05, 4.69) is 21.0 Å². The number of hydrogen-bond acceptors (Lipinski definition) is 3. The van der Waals surface area contributed by atoms with Gasteiger partial charge in [-0.05, 0) is 19.9 Å². The number of nitrogens with zero attached hydrogens (tertiary/aromatic N) is 2.